The van der Waals surface area contributed by atoms with E-state index in [0.29, 0.717) is 0 Å². The topological polar surface area (TPSA) is 33.0 Å². The third-order valence-electron chi connectivity index (χ3n) is 2.44. The van der Waals surface area contributed by atoms with E-state index in [0.717, 1.165) is 22.4 Å². The highest BCUT2D eigenvalue weighted by molar-refractivity contribution is 5.49. The van der Waals surface area contributed by atoms with Gasteiger partial charge in [-0.3, -0.25) is 0 Å². The second-order valence-electron chi connectivity index (χ2n) is 3.50. The standard InChI is InChI=1S/C12H15NO/c1-8-5-6-9(2)12(14-4)11(8)10(3)7-13/h5-6,10H,1-4H3. The summed E-state index contributed by atoms with van der Waals surface area (Å²) >= 11 is 0. The quantitative estimate of drug-likeness (QED) is 0.716. The van der Waals surface area contributed by atoms with Crippen LogP contribution in [-0.2, 0) is 0 Å². The number of hydrogen-bond acceptors (Lipinski definition) is 2. The van der Waals surface area contributed by atoms with Crippen LogP contribution in [0.1, 0.15) is 29.5 Å². The Bertz CT molecular complexity index is 377. The summed E-state index contributed by atoms with van der Waals surface area (Å²) in [7, 11) is 1.65. The van der Waals surface area contributed by atoms with Gasteiger partial charge in [-0.25, -0.2) is 0 Å². The van der Waals surface area contributed by atoms with Crippen molar-refractivity contribution in [2.24, 2.45) is 0 Å². The van der Waals surface area contributed by atoms with Crippen molar-refractivity contribution in [3.63, 3.8) is 0 Å². The van der Waals surface area contributed by atoms with Crippen molar-refractivity contribution in [2.45, 2.75) is 26.7 Å². The maximum atomic E-state index is 8.92. The Hall–Kier alpha value is -1.49. The molecule has 0 fully saturated rings. The minimum atomic E-state index is -0.121. The Morgan fingerprint density at radius 3 is 2.36 bits per heavy atom. The number of hydrogen-bond donors (Lipinski definition) is 0. The fourth-order valence-electron chi connectivity index (χ4n) is 1.68. The molecule has 74 valence electrons. The van der Waals surface area contributed by atoms with Crippen LogP contribution in [-0.4, -0.2) is 7.11 Å². The number of rotatable bonds is 2. The van der Waals surface area contributed by atoms with Crippen LogP contribution in [0.2, 0.25) is 0 Å². The molecule has 14 heavy (non-hydrogen) atoms. The molecule has 0 radical (unpaired) electrons. The molecule has 1 atom stereocenters. The summed E-state index contributed by atoms with van der Waals surface area (Å²) in [6.45, 7) is 5.89. The summed E-state index contributed by atoms with van der Waals surface area (Å²) in [5.41, 5.74) is 3.20. The van der Waals surface area contributed by atoms with Gasteiger partial charge >= 0.3 is 0 Å². The van der Waals surface area contributed by atoms with Crippen molar-refractivity contribution >= 4 is 0 Å². The molecule has 1 aromatic carbocycles. The lowest BCUT2D eigenvalue weighted by atomic mass is 9.94. The van der Waals surface area contributed by atoms with Gasteiger partial charge in [-0.2, -0.15) is 5.26 Å². The lowest BCUT2D eigenvalue weighted by molar-refractivity contribution is 0.405. The molecule has 0 spiro atoms. The SMILES string of the molecule is COc1c(C)ccc(C)c1C(C)C#N. The van der Waals surface area contributed by atoms with E-state index in [1.807, 2.05) is 32.9 Å². The molecular formula is C12H15NO. The maximum Gasteiger partial charge on any atom is 0.126 e. The molecule has 0 saturated carbocycles. The van der Waals surface area contributed by atoms with Gasteiger partial charge in [-0.05, 0) is 31.9 Å². The zero-order valence-corrected chi connectivity index (χ0v) is 9.09. The minimum Gasteiger partial charge on any atom is -0.496 e. The molecule has 0 bridgehead atoms. The van der Waals surface area contributed by atoms with Gasteiger partial charge in [-0.15, -0.1) is 0 Å². The Morgan fingerprint density at radius 1 is 1.29 bits per heavy atom. The highest BCUT2D eigenvalue weighted by Gasteiger charge is 2.15. The third kappa shape index (κ3) is 1.72. The van der Waals surface area contributed by atoms with Crippen LogP contribution in [0.3, 0.4) is 0 Å². The van der Waals surface area contributed by atoms with Crippen molar-refractivity contribution in [3.05, 3.63) is 28.8 Å². The number of nitrogens with zero attached hydrogens (tertiary/aromatic N) is 1. The van der Waals surface area contributed by atoms with Crippen molar-refractivity contribution in [1.29, 1.82) is 5.26 Å². The predicted molar refractivity (Wildman–Crippen MR) is 56.5 cm³/mol. The second-order valence-corrected chi connectivity index (χ2v) is 3.50. The molecule has 1 rings (SSSR count). The van der Waals surface area contributed by atoms with Gasteiger partial charge in [-0.1, -0.05) is 12.1 Å². The normalized spacial score (nSPS) is 11.9. The monoisotopic (exact) mass is 189 g/mol. The molecule has 0 amide bonds. The average molecular weight is 189 g/mol. The lowest BCUT2D eigenvalue weighted by Gasteiger charge is -2.15. The van der Waals surface area contributed by atoms with Crippen LogP contribution in [0.5, 0.6) is 5.75 Å². The van der Waals surface area contributed by atoms with Gasteiger partial charge < -0.3 is 4.74 Å². The van der Waals surface area contributed by atoms with Crippen LogP contribution in [0, 0.1) is 25.2 Å². The largest absolute Gasteiger partial charge is 0.496 e. The fraction of sp³-hybridized carbons (Fsp3) is 0.417. The molecule has 0 aliphatic heterocycles. The van der Waals surface area contributed by atoms with E-state index in [2.05, 4.69) is 6.07 Å². The first kappa shape index (κ1) is 10.6. The fourth-order valence-corrected chi connectivity index (χ4v) is 1.68. The summed E-state index contributed by atoms with van der Waals surface area (Å²) in [6.07, 6.45) is 0. The average Bonchev–Trinajstić information content (AvgIpc) is 2.19. The van der Waals surface area contributed by atoms with E-state index in [4.69, 9.17) is 10.00 Å². The van der Waals surface area contributed by atoms with Gasteiger partial charge in [0.2, 0.25) is 0 Å². The van der Waals surface area contributed by atoms with Crippen LogP contribution in [0.15, 0.2) is 12.1 Å². The van der Waals surface area contributed by atoms with Crippen molar-refractivity contribution in [3.8, 4) is 11.8 Å². The Kier molecular flexibility index (Phi) is 3.14. The zero-order chi connectivity index (χ0) is 10.7. The predicted octanol–water partition coefficient (Wildman–Crippen LogP) is 2.94. The Balaban J connectivity index is 3.39. The van der Waals surface area contributed by atoms with Crippen LogP contribution in [0.25, 0.3) is 0 Å². The molecule has 2 nitrogen and oxygen atoms in total. The first-order valence-electron chi connectivity index (χ1n) is 4.65. The lowest BCUT2D eigenvalue weighted by Crippen LogP contribution is -2.00. The minimum absolute atomic E-state index is 0.121. The highest BCUT2D eigenvalue weighted by atomic mass is 16.5. The van der Waals surface area contributed by atoms with Gasteiger partial charge in [0.15, 0.2) is 0 Å². The molecule has 0 N–H and O–H groups in total. The molecule has 1 aromatic rings. The summed E-state index contributed by atoms with van der Waals surface area (Å²) in [4.78, 5) is 0. The van der Waals surface area contributed by atoms with Gasteiger partial charge in [0.05, 0.1) is 19.1 Å². The zero-order valence-electron chi connectivity index (χ0n) is 9.09. The van der Waals surface area contributed by atoms with Crippen molar-refractivity contribution < 1.29 is 4.74 Å². The molecule has 2 heteroatoms. The van der Waals surface area contributed by atoms with Crippen molar-refractivity contribution in [1.82, 2.24) is 0 Å². The van der Waals surface area contributed by atoms with Crippen LogP contribution in [0.4, 0.5) is 0 Å². The summed E-state index contributed by atoms with van der Waals surface area (Å²) in [6, 6.07) is 6.29. The smallest absolute Gasteiger partial charge is 0.126 e. The number of methoxy groups -OCH3 is 1. The first-order valence-corrected chi connectivity index (χ1v) is 4.65. The molecule has 0 aliphatic rings. The first-order chi connectivity index (χ1) is 6.61. The Morgan fingerprint density at radius 2 is 1.86 bits per heavy atom. The summed E-state index contributed by atoms with van der Waals surface area (Å²) in [5, 5.41) is 8.92. The number of aryl methyl sites for hydroxylation is 2. The Labute approximate surface area is 85.1 Å². The third-order valence-corrected chi connectivity index (χ3v) is 2.44. The van der Waals surface area contributed by atoms with Crippen molar-refractivity contribution in [2.75, 3.05) is 7.11 Å². The van der Waals surface area contributed by atoms with E-state index in [-0.39, 0.29) is 5.92 Å². The molecular weight excluding hydrogens is 174 g/mol. The van der Waals surface area contributed by atoms with Gasteiger partial charge in [0.25, 0.3) is 0 Å². The van der Waals surface area contributed by atoms with E-state index in [1.54, 1.807) is 7.11 Å². The number of nitriles is 1. The molecule has 0 aliphatic carbocycles. The van der Waals surface area contributed by atoms with E-state index < -0.39 is 0 Å². The van der Waals surface area contributed by atoms with E-state index in [9.17, 15) is 0 Å². The summed E-state index contributed by atoms with van der Waals surface area (Å²) < 4.78 is 5.33. The van der Waals surface area contributed by atoms with E-state index >= 15 is 0 Å². The number of benzene rings is 1. The van der Waals surface area contributed by atoms with E-state index in [1.165, 1.54) is 0 Å². The molecule has 1 unspecified atom stereocenters. The maximum absolute atomic E-state index is 8.92. The van der Waals surface area contributed by atoms with Crippen LogP contribution >= 0.6 is 0 Å². The molecule has 0 saturated heterocycles. The summed E-state index contributed by atoms with van der Waals surface area (Å²) in [5.74, 6) is 0.726. The highest BCUT2D eigenvalue weighted by Crippen LogP contribution is 2.32. The van der Waals surface area contributed by atoms with Gasteiger partial charge in [0, 0.05) is 5.56 Å². The molecule has 0 aromatic heterocycles. The number of ether oxygens (including phenoxy) is 1. The molecule has 0 heterocycles. The van der Waals surface area contributed by atoms with Gasteiger partial charge in [0.1, 0.15) is 5.75 Å². The second kappa shape index (κ2) is 4.15. The van der Waals surface area contributed by atoms with Crippen LogP contribution < -0.4 is 4.74 Å².